The number of carbonyl (C=O) groups excluding carboxylic acids is 2. The summed E-state index contributed by atoms with van der Waals surface area (Å²) in [6, 6.07) is 33.4. The lowest BCUT2D eigenvalue weighted by Crippen LogP contribution is -2.31. The number of amides is 2. The van der Waals surface area contributed by atoms with Gasteiger partial charge in [-0.2, -0.15) is 4.58 Å². The lowest BCUT2D eigenvalue weighted by Gasteiger charge is -2.27. The number of para-hydroxylation sites is 3. The minimum Gasteiger partial charge on any atom is -0.356 e. The summed E-state index contributed by atoms with van der Waals surface area (Å²) in [5.41, 5.74) is 11.5. The second kappa shape index (κ2) is 17.2. The van der Waals surface area contributed by atoms with Gasteiger partial charge in [0.1, 0.15) is 7.05 Å². The van der Waals surface area contributed by atoms with Crippen molar-refractivity contribution in [1.29, 1.82) is 0 Å². The van der Waals surface area contributed by atoms with Crippen molar-refractivity contribution in [2.75, 3.05) is 29.9 Å². The van der Waals surface area contributed by atoms with Crippen LogP contribution in [0.5, 0.6) is 0 Å². The molecule has 0 spiro atoms. The fraction of sp³-hybridized carbons (Fsp3) is 0.353. The number of unbranched alkanes of at least 4 members (excludes halogenated alkanes) is 4. The van der Waals surface area contributed by atoms with Crippen molar-refractivity contribution in [1.82, 2.24) is 5.32 Å². The molecule has 2 amide bonds. The first-order chi connectivity index (χ1) is 27.6. The molecule has 0 aliphatic carbocycles. The first-order valence-electron chi connectivity index (χ1n) is 20.8. The Bertz CT molecular complexity index is 2300. The molecule has 1 N–H and O–H groups in total. The zero-order chi connectivity index (χ0) is 40.0. The minimum absolute atomic E-state index is 0.0635. The second-order valence-corrected chi connectivity index (χ2v) is 16.7. The first-order valence-corrected chi connectivity index (χ1v) is 20.8. The summed E-state index contributed by atoms with van der Waals surface area (Å²) in [6.45, 7) is 11.3. The quantitative estimate of drug-likeness (QED) is 0.0792. The maximum atomic E-state index is 13.5. The number of nitrogens with zero attached hydrogens (tertiary/aromatic N) is 3. The lowest BCUT2D eigenvalue weighted by atomic mass is 9.81. The molecule has 57 heavy (non-hydrogen) atoms. The Labute approximate surface area is 340 Å². The predicted octanol–water partition coefficient (Wildman–Crippen LogP) is 10.1. The van der Waals surface area contributed by atoms with Crippen LogP contribution in [0.1, 0.15) is 107 Å². The molecule has 6 heteroatoms. The summed E-state index contributed by atoms with van der Waals surface area (Å²) in [6.07, 6.45) is 13.2. The molecule has 292 valence electrons. The lowest BCUT2D eigenvalue weighted by molar-refractivity contribution is -0.401. The molecular formula is C51H57N4O2+. The molecule has 7 rings (SSSR count). The molecule has 0 saturated heterocycles. The van der Waals surface area contributed by atoms with Gasteiger partial charge in [-0.05, 0) is 81.0 Å². The molecule has 4 aromatic carbocycles. The van der Waals surface area contributed by atoms with E-state index in [9.17, 15) is 9.59 Å². The third kappa shape index (κ3) is 8.40. The van der Waals surface area contributed by atoms with Gasteiger partial charge in [-0.15, -0.1) is 0 Å². The molecule has 3 aliphatic rings. The average molecular weight is 758 g/mol. The van der Waals surface area contributed by atoms with E-state index >= 15 is 0 Å². The Morgan fingerprint density at radius 1 is 0.719 bits per heavy atom. The van der Waals surface area contributed by atoms with Crippen molar-refractivity contribution in [3.63, 3.8) is 0 Å². The van der Waals surface area contributed by atoms with Gasteiger partial charge in [-0.3, -0.25) is 9.59 Å². The largest absolute Gasteiger partial charge is 0.356 e. The summed E-state index contributed by atoms with van der Waals surface area (Å²) in [7, 11) is 2.17. The van der Waals surface area contributed by atoms with Gasteiger partial charge < -0.3 is 15.1 Å². The Balaban J connectivity index is 0.853. The molecule has 6 nitrogen and oxygen atoms in total. The van der Waals surface area contributed by atoms with Crippen LogP contribution in [-0.2, 0) is 27.0 Å². The monoisotopic (exact) mass is 757 g/mol. The topological polar surface area (TPSA) is 55.7 Å². The van der Waals surface area contributed by atoms with Gasteiger partial charge in [0.05, 0.1) is 17.6 Å². The highest BCUT2D eigenvalue weighted by atomic mass is 16.2. The summed E-state index contributed by atoms with van der Waals surface area (Å²) < 4.78 is 2.32. The van der Waals surface area contributed by atoms with Crippen LogP contribution in [0, 0.1) is 11.8 Å². The molecule has 0 atom stereocenters. The molecule has 4 aromatic rings. The van der Waals surface area contributed by atoms with Crippen LogP contribution in [0.15, 0.2) is 121 Å². The number of nitrogens with one attached hydrogen (secondary N) is 1. The van der Waals surface area contributed by atoms with Gasteiger partial charge in [0, 0.05) is 71.6 Å². The molecule has 0 fully saturated rings. The van der Waals surface area contributed by atoms with E-state index in [1.165, 1.54) is 33.9 Å². The summed E-state index contributed by atoms with van der Waals surface area (Å²) in [4.78, 5) is 30.6. The maximum Gasteiger partial charge on any atom is 0.227 e. The number of benzene rings is 4. The summed E-state index contributed by atoms with van der Waals surface area (Å²) >= 11 is 0. The van der Waals surface area contributed by atoms with Gasteiger partial charge in [0.15, 0.2) is 5.71 Å². The highest BCUT2D eigenvalue weighted by Gasteiger charge is 2.43. The van der Waals surface area contributed by atoms with Crippen LogP contribution in [0.3, 0.4) is 0 Å². The SMILES string of the molecule is C[N+]1=C(/C=C/C=C2/N(CCCCCC(=O)NCCCCCC(=O)N3Cc4ccccc4C#Cc4ccccc43)c3ccccc3C2(C)C)C(C)(C)c2ccccc21. The van der Waals surface area contributed by atoms with Crippen molar-refractivity contribution < 1.29 is 14.2 Å². The summed E-state index contributed by atoms with van der Waals surface area (Å²) in [5.74, 6) is 6.77. The van der Waals surface area contributed by atoms with Crippen molar-refractivity contribution >= 4 is 34.6 Å². The van der Waals surface area contributed by atoms with Gasteiger partial charge >= 0.3 is 0 Å². The number of allylic oxidation sites excluding steroid dienone is 4. The molecule has 0 unspecified atom stereocenters. The van der Waals surface area contributed by atoms with E-state index in [0.29, 0.717) is 25.9 Å². The highest BCUT2D eigenvalue weighted by molar-refractivity contribution is 6.03. The van der Waals surface area contributed by atoms with Crippen LogP contribution in [0.4, 0.5) is 17.1 Å². The van der Waals surface area contributed by atoms with Crippen LogP contribution in [-0.4, -0.2) is 42.2 Å². The third-order valence-corrected chi connectivity index (χ3v) is 12.1. The van der Waals surface area contributed by atoms with Gasteiger partial charge in [0.25, 0.3) is 0 Å². The van der Waals surface area contributed by atoms with Crippen molar-refractivity contribution in [3.05, 3.63) is 149 Å². The number of hydrogen-bond acceptors (Lipinski definition) is 3. The number of anilines is 2. The van der Waals surface area contributed by atoms with Gasteiger partial charge in [0.2, 0.25) is 17.5 Å². The van der Waals surface area contributed by atoms with Crippen LogP contribution < -0.4 is 15.1 Å². The normalized spacial score (nSPS) is 16.7. The van der Waals surface area contributed by atoms with Crippen LogP contribution in [0.25, 0.3) is 0 Å². The second-order valence-electron chi connectivity index (χ2n) is 16.7. The first kappa shape index (κ1) is 39.6. The molecule has 0 aromatic heterocycles. The van der Waals surface area contributed by atoms with E-state index < -0.39 is 0 Å². The van der Waals surface area contributed by atoms with Crippen LogP contribution in [0.2, 0.25) is 0 Å². The zero-order valence-corrected chi connectivity index (χ0v) is 34.4. The molecule has 0 bridgehead atoms. The standard InChI is InChI=1S/C51H56N4O2/c1-50(2)41-24-13-16-27-44(41)53(5)46(50)29-20-30-47-51(3,4)42-25-14-17-28-45(42)54(47)36-19-7-8-31-48(56)52-35-18-6-9-32-49(57)55-37-40-23-11-10-21-38(40)33-34-39-22-12-15-26-43(39)55/h10-17,20-30H,6-9,18-19,31-32,35-37H2,1-5H3/p+1. The average Bonchev–Trinajstić information content (AvgIpc) is 3.54. The van der Waals surface area contributed by atoms with E-state index in [4.69, 9.17) is 0 Å². The Hall–Kier alpha value is -5.67. The Morgan fingerprint density at radius 2 is 1.37 bits per heavy atom. The fourth-order valence-electron chi connectivity index (χ4n) is 8.88. The molecule has 0 saturated carbocycles. The van der Waals surface area contributed by atoms with Gasteiger partial charge in [-0.25, -0.2) is 0 Å². The van der Waals surface area contributed by atoms with E-state index in [2.05, 4.69) is 134 Å². The number of hydrogen-bond donors (Lipinski definition) is 1. The van der Waals surface area contributed by atoms with Crippen molar-refractivity contribution in [3.8, 4) is 11.8 Å². The zero-order valence-electron chi connectivity index (χ0n) is 34.4. The van der Waals surface area contributed by atoms with Crippen molar-refractivity contribution in [2.24, 2.45) is 0 Å². The Kier molecular flexibility index (Phi) is 12.0. The molecule has 0 radical (unpaired) electrons. The fourth-order valence-corrected chi connectivity index (χ4v) is 8.88. The van der Waals surface area contributed by atoms with E-state index in [-0.39, 0.29) is 22.6 Å². The van der Waals surface area contributed by atoms with E-state index in [1.54, 1.807) is 0 Å². The number of fused-ring (bicyclic) bond motifs is 4. The molecular weight excluding hydrogens is 701 g/mol. The summed E-state index contributed by atoms with van der Waals surface area (Å²) in [5, 5.41) is 3.12. The minimum atomic E-state index is -0.113. The molecule has 3 aliphatic heterocycles. The number of carbonyl (C=O) groups is 2. The van der Waals surface area contributed by atoms with E-state index in [1.807, 2.05) is 47.4 Å². The Morgan fingerprint density at radius 3 is 2.18 bits per heavy atom. The number of rotatable bonds is 14. The van der Waals surface area contributed by atoms with Crippen LogP contribution >= 0.6 is 0 Å². The smallest absolute Gasteiger partial charge is 0.227 e. The van der Waals surface area contributed by atoms with E-state index in [0.717, 1.165) is 67.4 Å². The predicted molar refractivity (Wildman–Crippen MR) is 234 cm³/mol. The third-order valence-electron chi connectivity index (χ3n) is 12.1. The van der Waals surface area contributed by atoms with Gasteiger partial charge in [-0.1, -0.05) is 111 Å². The maximum absolute atomic E-state index is 13.5. The van der Waals surface area contributed by atoms with Crippen molar-refractivity contribution in [2.45, 2.75) is 96.4 Å². The highest BCUT2D eigenvalue weighted by Crippen LogP contribution is 2.48. The molecule has 3 heterocycles.